The van der Waals surface area contributed by atoms with E-state index in [4.69, 9.17) is 0 Å². The number of hydrogen-bond acceptors (Lipinski definition) is 2. The van der Waals surface area contributed by atoms with E-state index in [1.807, 2.05) is 0 Å². The molecule has 0 aromatic carbocycles. The van der Waals surface area contributed by atoms with Gasteiger partial charge in [-0.3, -0.25) is 9.59 Å². The van der Waals surface area contributed by atoms with Gasteiger partial charge >= 0.3 is 0 Å². The fourth-order valence-corrected chi connectivity index (χ4v) is 6.87. The first-order valence-electron chi connectivity index (χ1n) is 8.98. The highest BCUT2D eigenvalue weighted by Crippen LogP contribution is 2.69. The van der Waals surface area contributed by atoms with Crippen molar-refractivity contribution in [3.05, 3.63) is 11.6 Å². The summed E-state index contributed by atoms with van der Waals surface area (Å²) in [6, 6.07) is 0. The van der Waals surface area contributed by atoms with Crippen LogP contribution in [0.15, 0.2) is 11.6 Å². The lowest BCUT2D eigenvalue weighted by atomic mass is 9.38. The molecule has 0 aliphatic heterocycles. The Morgan fingerprint density at radius 2 is 1.77 bits per heavy atom. The van der Waals surface area contributed by atoms with E-state index < -0.39 is 0 Å². The molecular formula is C20H28O2. The summed E-state index contributed by atoms with van der Waals surface area (Å²) >= 11 is 0. The number of hydrogen-bond donors (Lipinski definition) is 0. The normalized spacial score (nSPS) is 49.5. The number of Topliss-reactive ketones (excluding diaryl/α,β-unsaturated/α-hetero) is 2. The molecule has 0 aromatic heterocycles. The highest BCUT2D eigenvalue weighted by molar-refractivity contribution is 5.91. The first kappa shape index (κ1) is 14.7. The van der Waals surface area contributed by atoms with Crippen LogP contribution in [-0.2, 0) is 9.59 Å². The molecule has 5 aliphatic rings. The molecule has 1 spiro atoms. The average molecular weight is 300 g/mol. The predicted molar refractivity (Wildman–Crippen MR) is 86.3 cm³/mol. The molecule has 2 nitrogen and oxygen atoms in total. The quantitative estimate of drug-likeness (QED) is 0.624. The van der Waals surface area contributed by atoms with Crippen LogP contribution in [0.3, 0.4) is 0 Å². The number of carbonyl (C=O) groups excluding carboxylic acids is 2. The molecule has 5 atom stereocenters. The Bertz CT molecular complexity index is 599. The third-order valence-electron chi connectivity index (χ3n) is 8.14. The molecule has 0 heterocycles. The van der Waals surface area contributed by atoms with Crippen LogP contribution in [0.5, 0.6) is 0 Å². The van der Waals surface area contributed by atoms with Gasteiger partial charge in [0, 0.05) is 18.3 Å². The van der Waals surface area contributed by atoms with Crippen LogP contribution in [0.1, 0.15) is 66.2 Å². The maximum absolute atomic E-state index is 12.9. The Hall–Kier alpha value is -0.920. The number of rotatable bonds is 0. The molecule has 0 amide bonds. The molecule has 5 aliphatic carbocycles. The van der Waals surface area contributed by atoms with Gasteiger partial charge in [-0.25, -0.2) is 0 Å². The van der Waals surface area contributed by atoms with Crippen molar-refractivity contribution in [2.24, 2.45) is 34.0 Å². The molecule has 5 rings (SSSR count). The standard InChI is InChI=1S/C20H28O2/c1-12-11-20-8-5-14-18(2,3)16(21)6-7-19(14,4)15(20)9-13(12)10-17(20)22/h11,13-15H,5-10H2,1-4H3/t13-,14-,15+,19-,20+/m0/s1. The maximum atomic E-state index is 12.9. The van der Waals surface area contributed by atoms with E-state index in [0.29, 0.717) is 35.7 Å². The summed E-state index contributed by atoms with van der Waals surface area (Å²) in [6.45, 7) is 8.92. The van der Waals surface area contributed by atoms with Crippen LogP contribution >= 0.6 is 0 Å². The SMILES string of the molecule is CC1=C[C@]23CC[C@H]4C(C)(C)C(=O)CC[C@]4(C)[C@H]2C[C@H]1CC3=O. The second-order valence-electron chi connectivity index (χ2n) is 9.28. The molecule has 0 unspecified atom stereocenters. The molecule has 0 saturated heterocycles. The zero-order valence-corrected chi connectivity index (χ0v) is 14.4. The number of ketones is 2. The number of carbonyl (C=O) groups is 2. The molecule has 0 aromatic rings. The second kappa shape index (κ2) is 4.13. The van der Waals surface area contributed by atoms with Crippen LogP contribution in [-0.4, -0.2) is 11.6 Å². The van der Waals surface area contributed by atoms with Crippen LogP contribution in [0, 0.1) is 34.0 Å². The summed E-state index contributed by atoms with van der Waals surface area (Å²) in [5.74, 6) is 2.30. The van der Waals surface area contributed by atoms with Crippen molar-refractivity contribution in [3.8, 4) is 0 Å². The van der Waals surface area contributed by atoms with E-state index in [9.17, 15) is 9.59 Å². The van der Waals surface area contributed by atoms with Crippen molar-refractivity contribution in [3.63, 3.8) is 0 Å². The molecule has 2 heteroatoms. The molecule has 3 fully saturated rings. The van der Waals surface area contributed by atoms with Crippen molar-refractivity contribution in [1.29, 1.82) is 0 Å². The molecular weight excluding hydrogens is 272 g/mol. The van der Waals surface area contributed by atoms with Crippen LogP contribution in [0.2, 0.25) is 0 Å². The van der Waals surface area contributed by atoms with Crippen molar-refractivity contribution < 1.29 is 9.59 Å². The van der Waals surface area contributed by atoms with Gasteiger partial charge in [0.2, 0.25) is 0 Å². The first-order chi connectivity index (χ1) is 10.2. The monoisotopic (exact) mass is 300 g/mol. The molecule has 3 saturated carbocycles. The summed E-state index contributed by atoms with van der Waals surface area (Å²) in [4.78, 5) is 25.4. The minimum atomic E-state index is -0.215. The van der Waals surface area contributed by atoms with Gasteiger partial charge in [0.05, 0.1) is 5.41 Å². The van der Waals surface area contributed by atoms with Gasteiger partial charge in [0.15, 0.2) is 0 Å². The largest absolute Gasteiger partial charge is 0.299 e. The number of allylic oxidation sites excluding steroid dienone is 2. The summed E-state index contributed by atoms with van der Waals surface area (Å²) < 4.78 is 0. The van der Waals surface area contributed by atoms with E-state index >= 15 is 0 Å². The summed E-state index contributed by atoms with van der Waals surface area (Å²) in [7, 11) is 0. The topological polar surface area (TPSA) is 34.1 Å². The third kappa shape index (κ3) is 1.52. The second-order valence-corrected chi connectivity index (χ2v) is 9.28. The smallest absolute Gasteiger partial charge is 0.143 e. The Kier molecular flexibility index (Phi) is 2.75. The fourth-order valence-electron chi connectivity index (χ4n) is 6.87. The van der Waals surface area contributed by atoms with Crippen LogP contribution in [0.4, 0.5) is 0 Å². The van der Waals surface area contributed by atoms with Gasteiger partial charge in [-0.1, -0.05) is 32.4 Å². The highest BCUT2D eigenvalue weighted by atomic mass is 16.1. The van der Waals surface area contributed by atoms with Gasteiger partial charge in [-0.05, 0) is 55.8 Å². The third-order valence-corrected chi connectivity index (χ3v) is 8.14. The van der Waals surface area contributed by atoms with Crippen LogP contribution in [0.25, 0.3) is 0 Å². The van der Waals surface area contributed by atoms with E-state index in [0.717, 1.165) is 25.7 Å². The lowest BCUT2D eigenvalue weighted by Crippen LogP contribution is -2.62. The first-order valence-corrected chi connectivity index (χ1v) is 8.98. The molecule has 2 bridgehead atoms. The minimum Gasteiger partial charge on any atom is -0.299 e. The zero-order chi connectivity index (χ0) is 15.9. The minimum absolute atomic E-state index is 0.154. The van der Waals surface area contributed by atoms with Crippen molar-refractivity contribution in [1.82, 2.24) is 0 Å². The van der Waals surface area contributed by atoms with E-state index in [2.05, 4.69) is 33.8 Å². The summed E-state index contributed by atoms with van der Waals surface area (Å²) in [5.41, 5.74) is 1.19. The van der Waals surface area contributed by atoms with Gasteiger partial charge < -0.3 is 0 Å². The zero-order valence-electron chi connectivity index (χ0n) is 14.4. The average Bonchev–Trinajstić information content (AvgIpc) is 2.44. The molecule has 120 valence electrons. The highest BCUT2D eigenvalue weighted by Gasteiger charge is 2.65. The molecule has 0 N–H and O–H groups in total. The van der Waals surface area contributed by atoms with Crippen molar-refractivity contribution >= 4 is 11.6 Å². The molecule has 22 heavy (non-hydrogen) atoms. The van der Waals surface area contributed by atoms with E-state index in [1.165, 1.54) is 12.0 Å². The number of fused-ring (bicyclic) bond motifs is 2. The Morgan fingerprint density at radius 1 is 1.05 bits per heavy atom. The summed E-state index contributed by atoms with van der Waals surface area (Å²) in [6.07, 6.45) is 7.98. The lowest BCUT2D eigenvalue weighted by molar-refractivity contribution is -0.171. The van der Waals surface area contributed by atoms with Crippen LogP contribution < -0.4 is 0 Å². The van der Waals surface area contributed by atoms with Crippen molar-refractivity contribution in [2.75, 3.05) is 0 Å². The Balaban J connectivity index is 1.83. The van der Waals surface area contributed by atoms with Gasteiger partial charge in [0.1, 0.15) is 11.6 Å². The maximum Gasteiger partial charge on any atom is 0.143 e. The Labute approximate surface area is 133 Å². The predicted octanol–water partition coefficient (Wildman–Crippen LogP) is 4.33. The van der Waals surface area contributed by atoms with Gasteiger partial charge in [-0.15, -0.1) is 0 Å². The summed E-state index contributed by atoms with van der Waals surface area (Å²) in [5, 5.41) is 0. The lowest BCUT2D eigenvalue weighted by Gasteiger charge is -2.65. The Morgan fingerprint density at radius 3 is 2.50 bits per heavy atom. The van der Waals surface area contributed by atoms with Crippen molar-refractivity contribution in [2.45, 2.75) is 66.2 Å². The molecule has 0 radical (unpaired) electrons. The van der Waals surface area contributed by atoms with Gasteiger partial charge in [-0.2, -0.15) is 0 Å². The van der Waals surface area contributed by atoms with Gasteiger partial charge in [0.25, 0.3) is 0 Å². The fraction of sp³-hybridized carbons (Fsp3) is 0.800. The van der Waals surface area contributed by atoms with E-state index in [-0.39, 0.29) is 16.2 Å². The van der Waals surface area contributed by atoms with E-state index in [1.54, 1.807) is 0 Å².